The van der Waals surface area contributed by atoms with Gasteiger partial charge in [-0.15, -0.1) is 11.3 Å². The van der Waals surface area contributed by atoms with Gasteiger partial charge in [-0.25, -0.2) is 0 Å². The molecule has 0 aliphatic heterocycles. The van der Waals surface area contributed by atoms with Gasteiger partial charge in [-0.3, -0.25) is 0 Å². The molecule has 0 radical (unpaired) electrons. The monoisotopic (exact) mass is 280 g/mol. The van der Waals surface area contributed by atoms with Crippen LogP contribution in [0.4, 0.5) is 0 Å². The summed E-state index contributed by atoms with van der Waals surface area (Å²) in [7, 11) is 0. The van der Waals surface area contributed by atoms with E-state index in [-0.39, 0.29) is 0 Å². The van der Waals surface area contributed by atoms with Crippen molar-refractivity contribution in [3.8, 4) is 0 Å². The minimum atomic E-state index is 0.357. The summed E-state index contributed by atoms with van der Waals surface area (Å²) >= 11 is 1.87. The molecule has 19 heavy (non-hydrogen) atoms. The van der Waals surface area contributed by atoms with Gasteiger partial charge in [0.1, 0.15) is 0 Å². The molecule has 0 unspecified atom stereocenters. The van der Waals surface area contributed by atoms with Crippen LogP contribution in [0, 0.1) is 11.3 Å². The summed E-state index contributed by atoms with van der Waals surface area (Å²) in [6.07, 6.45) is 6.42. The van der Waals surface area contributed by atoms with Crippen LogP contribution >= 0.6 is 11.3 Å². The summed E-state index contributed by atoms with van der Waals surface area (Å²) in [5.74, 6) is 0.892. The molecule has 1 aliphatic rings. The van der Waals surface area contributed by atoms with Crippen molar-refractivity contribution < 1.29 is 0 Å². The highest BCUT2D eigenvalue weighted by Crippen LogP contribution is 2.37. The molecular formula is C16H28N2S. The Kier molecular flexibility index (Phi) is 5.43. The molecule has 1 fully saturated rings. The second-order valence-electron chi connectivity index (χ2n) is 6.21. The van der Waals surface area contributed by atoms with Crippen molar-refractivity contribution in [2.75, 3.05) is 13.1 Å². The standard InChI is InChI=1S/C16H28N2S/c1-3-14-6-9-19-15(14)10-18-12-16(11-17)7-4-13(2)5-8-16/h6,9,13,18H,3-5,7-8,10-12,17H2,1-2H3. The number of hydrogen-bond acceptors (Lipinski definition) is 3. The van der Waals surface area contributed by atoms with E-state index in [9.17, 15) is 0 Å². The van der Waals surface area contributed by atoms with E-state index in [1.54, 1.807) is 0 Å². The molecule has 3 N–H and O–H groups in total. The maximum absolute atomic E-state index is 6.06. The molecular weight excluding hydrogens is 252 g/mol. The smallest absolute Gasteiger partial charge is 0.0302 e. The van der Waals surface area contributed by atoms with Gasteiger partial charge in [-0.1, -0.05) is 26.7 Å². The Bertz CT molecular complexity index is 378. The zero-order valence-electron chi connectivity index (χ0n) is 12.4. The first-order chi connectivity index (χ1) is 9.19. The van der Waals surface area contributed by atoms with Gasteiger partial charge in [0.2, 0.25) is 0 Å². The number of thiophene rings is 1. The van der Waals surface area contributed by atoms with Crippen LogP contribution in [-0.2, 0) is 13.0 Å². The molecule has 3 heteroatoms. The summed E-state index contributed by atoms with van der Waals surface area (Å²) in [6, 6.07) is 2.25. The first kappa shape index (κ1) is 15.0. The van der Waals surface area contributed by atoms with E-state index in [1.807, 2.05) is 11.3 Å². The minimum Gasteiger partial charge on any atom is -0.330 e. The highest BCUT2D eigenvalue weighted by atomic mass is 32.1. The van der Waals surface area contributed by atoms with Crippen molar-refractivity contribution in [2.45, 2.75) is 52.5 Å². The summed E-state index contributed by atoms with van der Waals surface area (Å²) in [6.45, 7) is 7.52. The van der Waals surface area contributed by atoms with Gasteiger partial charge in [0, 0.05) is 18.0 Å². The van der Waals surface area contributed by atoms with Gasteiger partial charge < -0.3 is 11.1 Å². The van der Waals surface area contributed by atoms with Gasteiger partial charge in [-0.05, 0) is 54.1 Å². The van der Waals surface area contributed by atoms with Crippen molar-refractivity contribution in [3.63, 3.8) is 0 Å². The summed E-state index contributed by atoms with van der Waals surface area (Å²) in [4.78, 5) is 1.50. The molecule has 0 amide bonds. The fraction of sp³-hybridized carbons (Fsp3) is 0.750. The second-order valence-corrected chi connectivity index (χ2v) is 7.21. The molecule has 1 aromatic rings. The van der Waals surface area contributed by atoms with Crippen LogP contribution in [0.2, 0.25) is 0 Å². The van der Waals surface area contributed by atoms with Crippen LogP contribution in [0.1, 0.15) is 50.0 Å². The Morgan fingerprint density at radius 1 is 1.42 bits per heavy atom. The largest absolute Gasteiger partial charge is 0.330 e. The normalized spacial score (nSPS) is 27.6. The molecule has 0 saturated heterocycles. The minimum absolute atomic E-state index is 0.357. The van der Waals surface area contributed by atoms with Gasteiger partial charge in [0.15, 0.2) is 0 Å². The molecule has 1 heterocycles. The Morgan fingerprint density at radius 3 is 2.79 bits per heavy atom. The molecule has 1 saturated carbocycles. The van der Waals surface area contributed by atoms with Crippen molar-refractivity contribution in [1.82, 2.24) is 5.32 Å². The van der Waals surface area contributed by atoms with Crippen molar-refractivity contribution in [2.24, 2.45) is 17.1 Å². The molecule has 0 bridgehead atoms. The zero-order valence-corrected chi connectivity index (χ0v) is 13.2. The number of hydrogen-bond donors (Lipinski definition) is 2. The van der Waals surface area contributed by atoms with E-state index >= 15 is 0 Å². The lowest BCUT2D eigenvalue weighted by molar-refractivity contribution is 0.159. The molecule has 1 aliphatic carbocycles. The molecule has 0 atom stereocenters. The van der Waals surface area contributed by atoms with E-state index in [0.717, 1.165) is 32.0 Å². The van der Waals surface area contributed by atoms with Crippen molar-refractivity contribution >= 4 is 11.3 Å². The lowest BCUT2D eigenvalue weighted by Crippen LogP contribution is -2.42. The predicted molar refractivity (Wildman–Crippen MR) is 84.5 cm³/mol. The maximum Gasteiger partial charge on any atom is 0.0302 e. The predicted octanol–water partition coefficient (Wildman–Crippen LogP) is 3.56. The third-order valence-electron chi connectivity index (χ3n) is 4.77. The topological polar surface area (TPSA) is 38.0 Å². The van der Waals surface area contributed by atoms with Crippen molar-refractivity contribution in [1.29, 1.82) is 0 Å². The summed E-state index contributed by atoms with van der Waals surface area (Å²) in [5.41, 5.74) is 7.92. The van der Waals surface area contributed by atoms with Gasteiger partial charge in [0.25, 0.3) is 0 Å². The van der Waals surface area contributed by atoms with E-state index < -0.39 is 0 Å². The first-order valence-electron chi connectivity index (χ1n) is 7.65. The SMILES string of the molecule is CCc1ccsc1CNCC1(CN)CCC(C)CC1. The Labute approximate surface area is 121 Å². The highest BCUT2D eigenvalue weighted by molar-refractivity contribution is 7.10. The number of aryl methyl sites for hydroxylation is 1. The molecule has 2 nitrogen and oxygen atoms in total. The lowest BCUT2D eigenvalue weighted by atomic mass is 9.71. The Balaban J connectivity index is 1.83. The first-order valence-corrected chi connectivity index (χ1v) is 8.53. The van der Waals surface area contributed by atoms with Crippen molar-refractivity contribution in [3.05, 3.63) is 21.9 Å². The highest BCUT2D eigenvalue weighted by Gasteiger charge is 2.32. The van der Waals surface area contributed by atoms with E-state index in [1.165, 1.54) is 36.1 Å². The second kappa shape index (κ2) is 6.87. The third-order valence-corrected chi connectivity index (χ3v) is 5.74. The van der Waals surface area contributed by atoms with Crippen LogP contribution in [0.5, 0.6) is 0 Å². The zero-order chi connectivity index (χ0) is 13.7. The van der Waals surface area contributed by atoms with Gasteiger partial charge in [0.05, 0.1) is 0 Å². The summed E-state index contributed by atoms with van der Waals surface area (Å²) < 4.78 is 0. The van der Waals surface area contributed by atoms with E-state index in [4.69, 9.17) is 5.73 Å². The van der Waals surface area contributed by atoms with Gasteiger partial charge >= 0.3 is 0 Å². The number of rotatable bonds is 6. The fourth-order valence-corrected chi connectivity index (χ4v) is 4.05. The molecule has 1 aromatic heterocycles. The average molecular weight is 280 g/mol. The van der Waals surface area contributed by atoms with Crippen LogP contribution in [0.15, 0.2) is 11.4 Å². The fourth-order valence-electron chi connectivity index (χ4n) is 3.11. The van der Waals surface area contributed by atoms with Crippen LogP contribution in [0.3, 0.4) is 0 Å². The van der Waals surface area contributed by atoms with Crippen LogP contribution in [-0.4, -0.2) is 13.1 Å². The average Bonchev–Trinajstić information content (AvgIpc) is 2.89. The number of nitrogens with one attached hydrogen (secondary N) is 1. The lowest BCUT2D eigenvalue weighted by Gasteiger charge is -2.38. The Hall–Kier alpha value is -0.380. The Morgan fingerprint density at radius 2 is 2.16 bits per heavy atom. The quantitative estimate of drug-likeness (QED) is 0.836. The molecule has 0 aromatic carbocycles. The number of nitrogens with two attached hydrogens (primary N) is 1. The summed E-state index contributed by atoms with van der Waals surface area (Å²) in [5, 5.41) is 5.87. The molecule has 108 valence electrons. The maximum atomic E-state index is 6.06. The molecule has 2 rings (SSSR count). The van der Waals surface area contributed by atoms with Gasteiger partial charge in [-0.2, -0.15) is 0 Å². The van der Waals surface area contributed by atoms with Crippen LogP contribution in [0.25, 0.3) is 0 Å². The third kappa shape index (κ3) is 3.80. The van der Waals surface area contributed by atoms with E-state index in [0.29, 0.717) is 5.41 Å². The molecule has 0 spiro atoms. The van der Waals surface area contributed by atoms with Crippen LogP contribution < -0.4 is 11.1 Å². The van der Waals surface area contributed by atoms with E-state index in [2.05, 4.69) is 30.6 Å².